The van der Waals surface area contributed by atoms with Crippen LogP contribution in [-0.2, 0) is 19.6 Å². The fourth-order valence-electron chi connectivity index (χ4n) is 2.92. The number of hydrogen-bond acceptors (Lipinski definition) is 5. The van der Waals surface area contributed by atoms with Gasteiger partial charge < -0.3 is 9.64 Å². The average Bonchev–Trinajstić information content (AvgIpc) is 2.87. The first-order valence-electron chi connectivity index (χ1n) is 8.39. The van der Waals surface area contributed by atoms with Crippen molar-refractivity contribution in [3.63, 3.8) is 0 Å². The number of rotatable bonds is 8. The molecule has 7 nitrogen and oxygen atoms in total. The summed E-state index contributed by atoms with van der Waals surface area (Å²) < 4.78 is 31.7. The average molecular weight is 367 g/mol. The molecule has 25 heavy (non-hydrogen) atoms. The molecule has 1 aromatic carbocycles. The number of benzene rings is 1. The van der Waals surface area contributed by atoms with Crippen LogP contribution in [0.3, 0.4) is 0 Å². The van der Waals surface area contributed by atoms with Gasteiger partial charge in [-0.2, -0.15) is 0 Å². The second-order valence-electron chi connectivity index (χ2n) is 5.82. The van der Waals surface area contributed by atoms with Crippen LogP contribution in [0.2, 0.25) is 0 Å². The molecular weight excluding hydrogens is 342 g/mol. The van der Waals surface area contributed by atoms with Gasteiger partial charge in [-0.1, -0.05) is 26.0 Å². The molecule has 1 heterocycles. The Labute approximate surface area is 149 Å². The summed E-state index contributed by atoms with van der Waals surface area (Å²) in [5.74, 6) is 0.0852. The Hall–Kier alpha value is -1.93. The quantitative estimate of drug-likeness (QED) is 0.752. The number of sulfonamides is 1. The van der Waals surface area contributed by atoms with E-state index >= 15 is 0 Å². The third kappa shape index (κ3) is 4.38. The van der Waals surface area contributed by atoms with Gasteiger partial charge in [-0.3, -0.25) is 14.5 Å². The van der Waals surface area contributed by atoms with E-state index in [9.17, 15) is 13.2 Å². The highest BCUT2D eigenvalue weighted by molar-refractivity contribution is 7.90. The lowest BCUT2D eigenvalue weighted by molar-refractivity contribution is -0.132. The van der Waals surface area contributed by atoms with Gasteiger partial charge in [0.15, 0.2) is 0 Å². The number of aliphatic imine (C=N–C) groups is 1. The Kier molecular flexibility index (Phi) is 6.55. The first-order valence-corrected chi connectivity index (χ1v) is 9.88. The van der Waals surface area contributed by atoms with E-state index in [0.29, 0.717) is 18.7 Å². The Balaban J connectivity index is 2.18. The van der Waals surface area contributed by atoms with Crippen LogP contribution >= 0.6 is 0 Å². The van der Waals surface area contributed by atoms with E-state index < -0.39 is 10.0 Å². The van der Waals surface area contributed by atoms with Crippen molar-refractivity contribution in [2.24, 2.45) is 4.99 Å². The topological polar surface area (TPSA) is 88.1 Å². The number of nitrogens with one attached hydrogen (secondary N) is 1. The zero-order valence-corrected chi connectivity index (χ0v) is 15.7. The first-order chi connectivity index (χ1) is 11.9. The van der Waals surface area contributed by atoms with E-state index in [2.05, 4.69) is 9.71 Å². The van der Waals surface area contributed by atoms with Crippen LogP contribution in [0, 0.1) is 0 Å². The van der Waals surface area contributed by atoms with E-state index in [1.165, 1.54) is 6.07 Å². The Bertz CT molecular complexity index is 742. The highest BCUT2D eigenvalue weighted by Crippen LogP contribution is 2.22. The fraction of sp³-hybridized carbons (Fsp3) is 0.529. The minimum atomic E-state index is -3.59. The molecule has 1 aromatic rings. The smallest absolute Gasteiger partial charge is 0.263 e. The molecule has 0 radical (unpaired) electrons. The second-order valence-corrected chi connectivity index (χ2v) is 7.47. The van der Waals surface area contributed by atoms with Crippen LogP contribution in [0.15, 0.2) is 34.2 Å². The normalized spacial score (nSPS) is 16.7. The van der Waals surface area contributed by atoms with Crippen LogP contribution < -0.4 is 4.72 Å². The van der Waals surface area contributed by atoms with Gasteiger partial charge in [0, 0.05) is 25.3 Å². The predicted molar refractivity (Wildman–Crippen MR) is 96.1 cm³/mol. The summed E-state index contributed by atoms with van der Waals surface area (Å²) in [5, 5.41) is 0. The standard InChI is InChI=1S/C17H25N3O4S/c1-4-13(5-2)20(10-11-24-3)16(21)12-18-17-14-8-6-7-9-15(14)25(22,23)19-17/h6-9,13H,4-5,10-12H2,1-3H3,(H,18,19). The highest BCUT2D eigenvalue weighted by Gasteiger charge is 2.30. The molecule has 1 aliphatic rings. The van der Waals surface area contributed by atoms with Crippen molar-refractivity contribution in [3.8, 4) is 0 Å². The largest absolute Gasteiger partial charge is 0.383 e. The van der Waals surface area contributed by atoms with Crippen molar-refractivity contribution < 1.29 is 17.9 Å². The Morgan fingerprint density at radius 1 is 1.28 bits per heavy atom. The molecule has 0 atom stereocenters. The molecule has 138 valence electrons. The van der Waals surface area contributed by atoms with Crippen molar-refractivity contribution >= 4 is 21.8 Å². The van der Waals surface area contributed by atoms with E-state index in [0.717, 1.165) is 12.8 Å². The fourth-order valence-corrected chi connectivity index (χ4v) is 4.17. The molecule has 8 heteroatoms. The van der Waals surface area contributed by atoms with Gasteiger partial charge in [0.2, 0.25) is 5.91 Å². The molecule has 0 bridgehead atoms. The maximum atomic E-state index is 12.6. The Morgan fingerprint density at radius 2 is 1.96 bits per heavy atom. The molecule has 0 aliphatic carbocycles. The maximum Gasteiger partial charge on any atom is 0.263 e. The van der Waals surface area contributed by atoms with Crippen LogP contribution in [0.4, 0.5) is 0 Å². The summed E-state index contributed by atoms with van der Waals surface area (Å²) in [4.78, 5) is 18.8. The minimum Gasteiger partial charge on any atom is -0.383 e. The number of hydrogen-bond donors (Lipinski definition) is 1. The number of fused-ring (bicyclic) bond motifs is 1. The lowest BCUT2D eigenvalue weighted by Gasteiger charge is -2.30. The van der Waals surface area contributed by atoms with Crippen molar-refractivity contribution in [3.05, 3.63) is 29.8 Å². The number of methoxy groups -OCH3 is 1. The number of amides is 1. The van der Waals surface area contributed by atoms with Gasteiger partial charge in [0.25, 0.3) is 10.0 Å². The molecule has 0 fully saturated rings. The van der Waals surface area contributed by atoms with Gasteiger partial charge in [0.1, 0.15) is 12.4 Å². The van der Waals surface area contributed by atoms with E-state index in [-0.39, 0.29) is 29.2 Å². The monoisotopic (exact) mass is 367 g/mol. The third-order valence-corrected chi connectivity index (χ3v) is 5.67. The van der Waals surface area contributed by atoms with Crippen molar-refractivity contribution in [1.29, 1.82) is 0 Å². The number of nitrogens with zero attached hydrogens (tertiary/aromatic N) is 2. The number of amidine groups is 1. The van der Waals surface area contributed by atoms with Gasteiger partial charge in [-0.05, 0) is 25.0 Å². The Morgan fingerprint density at radius 3 is 2.60 bits per heavy atom. The van der Waals surface area contributed by atoms with Crippen molar-refractivity contribution in [1.82, 2.24) is 9.62 Å². The van der Waals surface area contributed by atoms with Crippen molar-refractivity contribution in [2.75, 3.05) is 26.8 Å². The van der Waals surface area contributed by atoms with Gasteiger partial charge in [-0.25, -0.2) is 8.42 Å². The molecule has 1 N–H and O–H groups in total. The number of carbonyl (C=O) groups is 1. The summed E-state index contributed by atoms with van der Waals surface area (Å²) in [6, 6.07) is 6.73. The molecule has 1 amide bonds. The van der Waals surface area contributed by atoms with Crippen LogP contribution in [0.1, 0.15) is 32.3 Å². The summed E-state index contributed by atoms with van der Waals surface area (Å²) in [5.41, 5.74) is 0.501. The first kappa shape index (κ1) is 19.4. The molecule has 2 rings (SSSR count). The van der Waals surface area contributed by atoms with Crippen LogP contribution in [0.25, 0.3) is 0 Å². The van der Waals surface area contributed by atoms with Gasteiger partial charge >= 0.3 is 0 Å². The zero-order chi connectivity index (χ0) is 18.4. The SMILES string of the molecule is CCC(CC)N(CCOC)C(=O)CN=C1NS(=O)(=O)c2ccccc21. The lowest BCUT2D eigenvalue weighted by Crippen LogP contribution is -2.43. The predicted octanol–water partition coefficient (Wildman–Crippen LogP) is 1.39. The maximum absolute atomic E-state index is 12.6. The number of ether oxygens (including phenoxy) is 1. The molecule has 0 unspecified atom stereocenters. The number of carbonyl (C=O) groups excluding carboxylic acids is 1. The molecule has 0 spiro atoms. The molecule has 0 saturated carbocycles. The zero-order valence-electron chi connectivity index (χ0n) is 14.9. The highest BCUT2D eigenvalue weighted by atomic mass is 32.2. The molecule has 0 aromatic heterocycles. The summed E-state index contributed by atoms with van der Waals surface area (Å²) >= 11 is 0. The second kappa shape index (κ2) is 8.44. The molecule has 1 aliphatic heterocycles. The molecular formula is C17H25N3O4S. The van der Waals surface area contributed by atoms with Gasteiger partial charge in [0.05, 0.1) is 11.5 Å². The van der Waals surface area contributed by atoms with E-state index in [1.54, 1.807) is 30.2 Å². The van der Waals surface area contributed by atoms with Gasteiger partial charge in [-0.15, -0.1) is 0 Å². The van der Waals surface area contributed by atoms with Crippen LogP contribution in [0.5, 0.6) is 0 Å². The van der Waals surface area contributed by atoms with E-state index in [4.69, 9.17) is 4.74 Å². The minimum absolute atomic E-state index is 0.105. The van der Waals surface area contributed by atoms with Crippen LogP contribution in [-0.4, -0.2) is 57.9 Å². The summed E-state index contributed by atoms with van der Waals surface area (Å²) in [6.45, 7) is 4.92. The summed E-state index contributed by atoms with van der Waals surface area (Å²) in [7, 11) is -1.99. The lowest BCUT2D eigenvalue weighted by atomic mass is 10.1. The van der Waals surface area contributed by atoms with Crippen molar-refractivity contribution in [2.45, 2.75) is 37.6 Å². The summed E-state index contributed by atoms with van der Waals surface area (Å²) in [6.07, 6.45) is 1.69. The molecule has 0 saturated heterocycles. The third-order valence-electron chi connectivity index (χ3n) is 4.28. The van der Waals surface area contributed by atoms with E-state index in [1.807, 2.05) is 13.8 Å².